The molecule has 11 nitrogen and oxygen atoms in total. The van der Waals surface area contributed by atoms with Crippen LogP contribution in [0.5, 0.6) is 11.5 Å². The second-order valence-electron chi connectivity index (χ2n) is 9.67. The van der Waals surface area contributed by atoms with Gasteiger partial charge in [-0.15, -0.1) is 10.2 Å². The quantitative estimate of drug-likeness (QED) is 0.236. The largest absolute Gasteiger partial charge is 0.497 e. The van der Waals surface area contributed by atoms with Gasteiger partial charge in [0.25, 0.3) is 0 Å². The first-order valence-electron chi connectivity index (χ1n) is 13.5. The molecule has 41 heavy (non-hydrogen) atoms. The molecule has 212 valence electrons. The molecule has 1 unspecified atom stereocenters. The number of aliphatic hydroxyl groups excluding tert-OH is 1. The highest BCUT2D eigenvalue weighted by Gasteiger charge is 2.20. The molecule has 0 fully saturated rings. The van der Waals surface area contributed by atoms with Crippen LogP contribution < -0.4 is 15.2 Å². The Morgan fingerprint density at radius 1 is 1.00 bits per heavy atom. The van der Waals surface area contributed by atoms with Crippen LogP contribution in [-0.4, -0.2) is 54.3 Å². The topological polar surface area (TPSA) is 133 Å². The van der Waals surface area contributed by atoms with Crippen LogP contribution in [0, 0.1) is 0 Å². The molecule has 0 amide bonds. The maximum Gasteiger partial charge on any atom is 0.346 e. The summed E-state index contributed by atoms with van der Waals surface area (Å²) >= 11 is 0. The minimum absolute atomic E-state index is 0.0136. The molecule has 2 aromatic heterocycles. The van der Waals surface area contributed by atoms with Gasteiger partial charge in [-0.3, -0.25) is 4.57 Å². The molecule has 0 spiro atoms. The number of hydrogen-bond donors (Lipinski definition) is 2. The summed E-state index contributed by atoms with van der Waals surface area (Å²) in [6, 6.07) is 21.1. The van der Waals surface area contributed by atoms with Crippen molar-refractivity contribution in [3.05, 3.63) is 94.2 Å². The van der Waals surface area contributed by atoms with Gasteiger partial charge in [-0.25, -0.2) is 9.48 Å². The third-order valence-corrected chi connectivity index (χ3v) is 7.01. The predicted molar refractivity (Wildman–Crippen MR) is 154 cm³/mol. The van der Waals surface area contributed by atoms with E-state index < -0.39 is 6.10 Å². The Bertz CT molecular complexity index is 1640. The predicted octanol–water partition coefficient (Wildman–Crippen LogP) is 4.03. The summed E-state index contributed by atoms with van der Waals surface area (Å²) in [4.78, 5) is 13.5. The first kappa shape index (κ1) is 27.8. The van der Waals surface area contributed by atoms with E-state index in [9.17, 15) is 9.90 Å². The number of methoxy groups -OCH3 is 2. The molecule has 11 heteroatoms. The molecule has 5 aromatic rings. The average molecular weight is 556 g/mol. The number of benzene rings is 3. The van der Waals surface area contributed by atoms with Crippen molar-refractivity contribution in [1.29, 1.82) is 0 Å². The fourth-order valence-electron chi connectivity index (χ4n) is 4.82. The van der Waals surface area contributed by atoms with Gasteiger partial charge in [0, 0.05) is 17.5 Å². The summed E-state index contributed by atoms with van der Waals surface area (Å²) in [7, 11) is 3.10. The van der Waals surface area contributed by atoms with Gasteiger partial charge in [0.15, 0.2) is 0 Å². The first-order chi connectivity index (χ1) is 20.0. The molecule has 0 aliphatic rings. The van der Waals surface area contributed by atoms with Gasteiger partial charge in [0.2, 0.25) is 5.82 Å². The second-order valence-corrected chi connectivity index (χ2v) is 9.67. The third kappa shape index (κ3) is 6.04. The van der Waals surface area contributed by atoms with Crippen LogP contribution in [-0.2, 0) is 19.5 Å². The van der Waals surface area contributed by atoms with E-state index in [-0.39, 0.29) is 12.2 Å². The van der Waals surface area contributed by atoms with Gasteiger partial charge in [0.05, 0.1) is 27.3 Å². The maximum atomic E-state index is 13.5. The highest BCUT2D eigenvalue weighted by atomic mass is 16.5. The molecule has 0 saturated heterocycles. The van der Waals surface area contributed by atoms with Gasteiger partial charge < -0.3 is 14.6 Å². The fraction of sp³-hybridized carbons (Fsp3) is 0.300. The van der Waals surface area contributed by atoms with E-state index in [0.717, 1.165) is 35.1 Å². The summed E-state index contributed by atoms with van der Waals surface area (Å²) in [5, 5.41) is 30.1. The van der Waals surface area contributed by atoms with E-state index in [1.807, 2.05) is 48.5 Å². The molecule has 0 radical (unpaired) electrons. The molecule has 0 aliphatic carbocycles. The molecule has 1 atom stereocenters. The lowest BCUT2D eigenvalue weighted by Crippen LogP contribution is -2.28. The Morgan fingerprint density at radius 3 is 2.46 bits per heavy atom. The van der Waals surface area contributed by atoms with E-state index in [1.54, 1.807) is 29.9 Å². The molecule has 0 saturated carbocycles. The second kappa shape index (κ2) is 12.6. The van der Waals surface area contributed by atoms with Gasteiger partial charge in [-0.2, -0.15) is 10.3 Å². The SMILES string of the molecule is CCCCc1nn(CC(O)c2cc(OC)ccc2OC)c(=O)n1Cc1ccc(-c2ccccc2-c2nn[nH]n2)cc1. The number of hydrogen-bond acceptors (Lipinski definition) is 8. The molecule has 3 aromatic carbocycles. The number of rotatable bonds is 12. The molecule has 2 N–H and O–H groups in total. The minimum atomic E-state index is -1.02. The van der Waals surface area contributed by atoms with Gasteiger partial charge in [-0.1, -0.05) is 61.9 Å². The van der Waals surface area contributed by atoms with Crippen LogP contribution in [0.1, 0.15) is 42.8 Å². The number of tetrazole rings is 1. The Balaban J connectivity index is 1.41. The number of aryl methyl sites for hydroxylation is 1. The summed E-state index contributed by atoms with van der Waals surface area (Å²) in [5.41, 5.74) is 4.07. The highest BCUT2D eigenvalue weighted by Crippen LogP contribution is 2.31. The molecule has 0 aliphatic heterocycles. The van der Waals surface area contributed by atoms with E-state index >= 15 is 0 Å². The Kier molecular flexibility index (Phi) is 8.54. The van der Waals surface area contributed by atoms with Crippen molar-refractivity contribution in [1.82, 2.24) is 35.0 Å². The number of nitrogens with one attached hydrogen (secondary N) is 1. The number of H-pyrrole nitrogens is 1. The van der Waals surface area contributed by atoms with Crippen molar-refractivity contribution in [3.63, 3.8) is 0 Å². The fourth-order valence-corrected chi connectivity index (χ4v) is 4.82. The first-order valence-corrected chi connectivity index (χ1v) is 13.5. The van der Waals surface area contributed by atoms with E-state index in [0.29, 0.717) is 41.7 Å². The zero-order valence-electron chi connectivity index (χ0n) is 23.3. The lowest BCUT2D eigenvalue weighted by atomic mass is 9.98. The summed E-state index contributed by atoms with van der Waals surface area (Å²) in [6.07, 6.45) is 1.51. The monoisotopic (exact) mass is 555 g/mol. The summed E-state index contributed by atoms with van der Waals surface area (Å²) in [6.45, 7) is 2.45. The third-order valence-electron chi connectivity index (χ3n) is 7.01. The number of ether oxygens (including phenoxy) is 2. The highest BCUT2D eigenvalue weighted by molar-refractivity contribution is 5.80. The Morgan fingerprint density at radius 2 is 1.78 bits per heavy atom. The normalized spacial score (nSPS) is 11.9. The van der Waals surface area contributed by atoms with Crippen molar-refractivity contribution in [3.8, 4) is 34.0 Å². The van der Waals surface area contributed by atoms with E-state index in [1.165, 1.54) is 11.8 Å². The van der Waals surface area contributed by atoms with Crippen molar-refractivity contribution in [2.24, 2.45) is 0 Å². The van der Waals surface area contributed by atoms with Crippen LogP contribution in [0.4, 0.5) is 0 Å². The maximum absolute atomic E-state index is 13.5. The van der Waals surface area contributed by atoms with Crippen molar-refractivity contribution in [2.75, 3.05) is 14.2 Å². The number of aromatic amines is 1. The lowest BCUT2D eigenvalue weighted by Gasteiger charge is -2.15. The van der Waals surface area contributed by atoms with Crippen LogP contribution in [0.3, 0.4) is 0 Å². The standard InChI is InChI=1S/C30H33N7O4/c1-4-5-10-28-33-37(19-26(38)25-17-22(40-2)15-16-27(25)41-3)30(39)36(28)18-20-11-13-21(14-12-20)23-8-6-7-9-24(23)29-31-34-35-32-29/h6-9,11-17,26,38H,4-5,10,18-19H2,1-3H3,(H,31,32,34,35). The average Bonchev–Trinajstić information content (AvgIpc) is 3.65. The van der Waals surface area contributed by atoms with Gasteiger partial charge in [-0.05, 0) is 46.5 Å². The lowest BCUT2D eigenvalue weighted by molar-refractivity contribution is 0.145. The van der Waals surface area contributed by atoms with Crippen LogP contribution in [0.2, 0.25) is 0 Å². The van der Waals surface area contributed by atoms with Crippen LogP contribution in [0.25, 0.3) is 22.5 Å². The van der Waals surface area contributed by atoms with Crippen molar-refractivity contribution < 1.29 is 14.6 Å². The smallest absolute Gasteiger partial charge is 0.346 e. The van der Waals surface area contributed by atoms with Gasteiger partial charge >= 0.3 is 5.69 Å². The summed E-state index contributed by atoms with van der Waals surface area (Å²) in [5.74, 6) is 2.31. The minimum Gasteiger partial charge on any atom is -0.497 e. The Labute approximate surface area is 237 Å². The molecule has 2 heterocycles. The molecular formula is C30H33N7O4. The number of unbranched alkanes of at least 4 members (excludes halogenated alkanes) is 1. The zero-order valence-corrected chi connectivity index (χ0v) is 23.3. The van der Waals surface area contributed by atoms with E-state index in [4.69, 9.17) is 9.47 Å². The van der Waals surface area contributed by atoms with Crippen LogP contribution >= 0.6 is 0 Å². The summed E-state index contributed by atoms with van der Waals surface area (Å²) < 4.78 is 13.8. The van der Waals surface area contributed by atoms with Crippen LogP contribution in [0.15, 0.2) is 71.5 Å². The number of aromatic nitrogens is 7. The zero-order chi connectivity index (χ0) is 28.8. The molecular weight excluding hydrogens is 522 g/mol. The molecule has 5 rings (SSSR count). The molecule has 0 bridgehead atoms. The Hall–Kier alpha value is -4.77. The van der Waals surface area contributed by atoms with Gasteiger partial charge in [0.1, 0.15) is 23.4 Å². The van der Waals surface area contributed by atoms with Crippen molar-refractivity contribution >= 4 is 0 Å². The van der Waals surface area contributed by atoms with E-state index in [2.05, 4.69) is 32.6 Å². The van der Waals surface area contributed by atoms with Crippen molar-refractivity contribution in [2.45, 2.75) is 45.4 Å². The number of nitrogens with zero attached hydrogens (tertiary/aromatic N) is 6. The number of aliphatic hydroxyl groups is 1.